The monoisotopic (exact) mass is 572 g/mol. The molecule has 3 atom stereocenters. The number of hydrogen-bond donors (Lipinski definition) is 2. The van der Waals surface area contributed by atoms with Crippen molar-refractivity contribution in [2.75, 3.05) is 18.4 Å². The Morgan fingerprint density at radius 2 is 2.12 bits per heavy atom. The third-order valence-corrected chi connectivity index (χ3v) is 8.41. The molecular weight excluding hydrogens is 543 g/mol. The summed E-state index contributed by atoms with van der Waals surface area (Å²) in [4.78, 5) is 22.7. The van der Waals surface area contributed by atoms with Gasteiger partial charge in [0.15, 0.2) is 17.2 Å². The smallest absolute Gasteiger partial charge is 0.226 e. The van der Waals surface area contributed by atoms with E-state index in [1.54, 1.807) is 18.3 Å². The van der Waals surface area contributed by atoms with Gasteiger partial charge in [0.1, 0.15) is 17.3 Å². The first-order valence-corrected chi connectivity index (χ1v) is 14.0. The molecule has 2 N–H and O–H groups in total. The average Bonchev–Trinajstić information content (AvgIpc) is 3.59. The highest BCUT2D eigenvalue weighted by molar-refractivity contribution is 6.35. The number of nitrogens with one attached hydrogen (secondary N) is 1. The van der Waals surface area contributed by atoms with Crippen LogP contribution in [0.15, 0.2) is 71.3 Å². The average molecular weight is 573 g/mol. The number of nitrogens with zero attached hydrogens (tertiary/aromatic N) is 3. The van der Waals surface area contributed by atoms with E-state index in [0.717, 1.165) is 16.7 Å². The quantitative estimate of drug-likeness (QED) is 0.251. The lowest BCUT2D eigenvalue weighted by atomic mass is 9.73. The molecule has 0 bridgehead atoms. The fourth-order valence-electron chi connectivity index (χ4n) is 5.86. The lowest BCUT2D eigenvalue weighted by Gasteiger charge is -2.39. The van der Waals surface area contributed by atoms with Crippen molar-refractivity contribution in [2.45, 2.75) is 38.5 Å². The molecule has 1 aliphatic heterocycles. The fourth-order valence-corrected chi connectivity index (χ4v) is 6.12. The van der Waals surface area contributed by atoms with E-state index in [1.807, 2.05) is 42.2 Å². The fraction of sp³-hybridized carbons (Fsp3) is 0.281. The number of carbonyl (C=O) groups excluding carboxylic acids is 1. The van der Waals surface area contributed by atoms with Crippen LogP contribution in [0.1, 0.15) is 46.3 Å². The van der Waals surface area contributed by atoms with Gasteiger partial charge in [0, 0.05) is 42.9 Å². The number of oxazole rings is 1. The summed E-state index contributed by atoms with van der Waals surface area (Å²) in [5.41, 5.74) is 3.66. The minimum atomic E-state index is -1.15. The molecule has 1 fully saturated rings. The molecule has 4 aromatic rings. The predicted molar refractivity (Wildman–Crippen MR) is 157 cm³/mol. The molecule has 3 heterocycles. The number of halogens is 2. The zero-order chi connectivity index (χ0) is 28.7. The highest BCUT2D eigenvalue weighted by Crippen LogP contribution is 2.46. The number of aldehydes is 1. The molecular formula is C32H30ClFN4O3. The Balaban J connectivity index is 1.47. The highest BCUT2D eigenvalue weighted by atomic mass is 35.5. The lowest BCUT2D eigenvalue weighted by Crippen LogP contribution is -2.42. The van der Waals surface area contributed by atoms with Gasteiger partial charge in [-0.1, -0.05) is 54.9 Å². The summed E-state index contributed by atoms with van der Waals surface area (Å²) in [6.07, 6.45) is 8.43. The molecule has 2 unspecified atom stereocenters. The van der Waals surface area contributed by atoms with Crippen LogP contribution in [0, 0.1) is 18.7 Å². The van der Waals surface area contributed by atoms with Crippen LogP contribution in [0.3, 0.4) is 0 Å². The third kappa shape index (κ3) is 4.96. The van der Waals surface area contributed by atoms with Crippen LogP contribution < -0.4 is 5.32 Å². The third-order valence-electron chi connectivity index (χ3n) is 8.13. The number of hydrogen-bond acceptors (Lipinski definition) is 7. The van der Waals surface area contributed by atoms with Crippen molar-refractivity contribution in [3.05, 3.63) is 106 Å². The highest BCUT2D eigenvalue weighted by Gasteiger charge is 2.45. The van der Waals surface area contributed by atoms with E-state index < -0.39 is 17.5 Å². The Morgan fingerprint density at radius 1 is 1.29 bits per heavy atom. The molecule has 9 heteroatoms. The molecule has 0 saturated carbocycles. The SMILES string of the molecule is Cc1ccccc1C1=CC=CC(Nc2nccc(CN3CCC(O)C3)c2F)(c2nc3cc(C=O)cc(Cl)c3o2)[C@@H]1C. The molecule has 0 amide bonds. The van der Waals surface area contributed by atoms with Crippen LogP contribution in [-0.2, 0) is 12.1 Å². The summed E-state index contributed by atoms with van der Waals surface area (Å²) in [6.45, 7) is 5.66. The largest absolute Gasteiger partial charge is 0.436 e. The van der Waals surface area contributed by atoms with E-state index in [0.29, 0.717) is 54.6 Å². The number of fused-ring (bicyclic) bond motifs is 1. The van der Waals surface area contributed by atoms with Crippen molar-refractivity contribution in [1.82, 2.24) is 14.9 Å². The summed E-state index contributed by atoms with van der Waals surface area (Å²) >= 11 is 6.48. The summed E-state index contributed by atoms with van der Waals surface area (Å²) < 4.78 is 22.4. The Hall–Kier alpha value is -3.85. The van der Waals surface area contributed by atoms with E-state index >= 15 is 4.39 Å². The number of aliphatic hydroxyl groups is 1. The first-order chi connectivity index (χ1) is 19.8. The number of pyridine rings is 1. The lowest BCUT2D eigenvalue weighted by molar-refractivity contribution is 0.112. The number of rotatable bonds is 7. The minimum absolute atomic E-state index is 0.0618. The molecule has 41 heavy (non-hydrogen) atoms. The zero-order valence-corrected chi connectivity index (χ0v) is 23.5. The van der Waals surface area contributed by atoms with Gasteiger partial charge in [0.2, 0.25) is 5.89 Å². The summed E-state index contributed by atoms with van der Waals surface area (Å²) in [5, 5.41) is 13.6. The molecule has 0 radical (unpaired) electrons. The summed E-state index contributed by atoms with van der Waals surface area (Å²) in [5.74, 6) is -0.427. The second kappa shape index (κ2) is 10.9. The number of β-amino-alcohol motifs (C(OH)–C–C–N with tert-alkyl or cyclic N) is 1. The summed E-state index contributed by atoms with van der Waals surface area (Å²) in [7, 11) is 0. The molecule has 6 rings (SSSR count). The van der Waals surface area contributed by atoms with Crippen molar-refractivity contribution in [2.24, 2.45) is 5.92 Å². The maximum atomic E-state index is 16.1. The van der Waals surface area contributed by atoms with Crippen LogP contribution in [0.5, 0.6) is 0 Å². The molecule has 2 aliphatic rings. The van der Waals surface area contributed by atoms with Crippen LogP contribution in [-0.4, -0.2) is 45.5 Å². The number of aromatic nitrogens is 2. The Bertz CT molecular complexity index is 1700. The van der Waals surface area contributed by atoms with Gasteiger partial charge in [-0.3, -0.25) is 9.69 Å². The van der Waals surface area contributed by atoms with Crippen LogP contribution in [0.25, 0.3) is 16.7 Å². The number of aryl methyl sites for hydroxylation is 1. The van der Waals surface area contributed by atoms with Gasteiger partial charge in [0.05, 0.1) is 11.1 Å². The number of anilines is 1. The molecule has 2 aromatic carbocycles. The Morgan fingerprint density at radius 3 is 2.88 bits per heavy atom. The van der Waals surface area contributed by atoms with Crippen molar-refractivity contribution in [1.29, 1.82) is 0 Å². The van der Waals surface area contributed by atoms with Gasteiger partial charge in [0.25, 0.3) is 0 Å². The predicted octanol–water partition coefficient (Wildman–Crippen LogP) is 6.30. The van der Waals surface area contributed by atoms with Gasteiger partial charge >= 0.3 is 0 Å². The standard InChI is InChI=1S/C32H30ClFN4O3/c1-19-6-3-4-7-24(19)25-8-5-11-32(20(25)2,31-36-27-15-21(18-39)14-26(33)29(27)41-31)37-30-28(34)22(9-12-35-30)16-38-13-10-23(40)17-38/h3-9,11-12,14-15,18,20,23,40H,10,13,16-17H2,1-2H3,(H,35,37)/t20-,23?,32?/m1/s1. The van der Waals surface area contributed by atoms with Gasteiger partial charge in [-0.05, 0) is 54.3 Å². The molecule has 7 nitrogen and oxygen atoms in total. The summed E-state index contributed by atoms with van der Waals surface area (Å²) in [6, 6.07) is 12.9. The second-order valence-corrected chi connectivity index (χ2v) is 11.2. The topological polar surface area (TPSA) is 91.5 Å². The molecule has 210 valence electrons. The second-order valence-electron chi connectivity index (χ2n) is 10.8. The number of allylic oxidation sites excluding steroid dienone is 2. The van der Waals surface area contributed by atoms with Crippen LogP contribution in [0.2, 0.25) is 5.02 Å². The number of likely N-dealkylation sites (tertiary alicyclic amines) is 1. The van der Waals surface area contributed by atoms with Crippen molar-refractivity contribution in [3.63, 3.8) is 0 Å². The van der Waals surface area contributed by atoms with E-state index in [9.17, 15) is 9.90 Å². The van der Waals surface area contributed by atoms with Crippen LogP contribution in [0.4, 0.5) is 10.2 Å². The first kappa shape index (κ1) is 27.3. The maximum Gasteiger partial charge on any atom is 0.226 e. The maximum absolute atomic E-state index is 16.1. The van der Waals surface area contributed by atoms with E-state index in [-0.39, 0.29) is 22.6 Å². The molecule has 0 spiro atoms. The Labute approximate surface area is 242 Å². The van der Waals surface area contributed by atoms with E-state index in [1.165, 1.54) is 6.07 Å². The number of aliphatic hydroxyl groups excluding tert-OH is 1. The van der Waals surface area contributed by atoms with Gasteiger partial charge < -0.3 is 14.8 Å². The van der Waals surface area contributed by atoms with Crippen molar-refractivity contribution in [3.8, 4) is 0 Å². The normalized spacial score (nSPS) is 22.7. The van der Waals surface area contributed by atoms with Gasteiger partial charge in [-0.25, -0.2) is 14.4 Å². The van der Waals surface area contributed by atoms with Crippen molar-refractivity contribution >= 4 is 40.4 Å². The van der Waals surface area contributed by atoms with Crippen LogP contribution >= 0.6 is 11.6 Å². The van der Waals surface area contributed by atoms with Gasteiger partial charge in [-0.2, -0.15) is 0 Å². The zero-order valence-electron chi connectivity index (χ0n) is 22.8. The van der Waals surface area contributed by atoms with E-state index in [2.05, 4.69) is 29.4 Å². The first-order valence-electron chi connectivity index (χ1n) is 13.6. The molecule has 1 aliphatic carbocycles. The van der Waals surface area contributed by atoms with E-state index in [4.69, 9.17) is 21.0 Å². The molecule has 1 saturated heterocycles. The Kier molecular flexibility index (Phi) is 7.23. The molecule has 2 aromatic heterocycles. The van der Waals surface area contributed by atoms with Gasteiger partial charge in [-0.15, -0.1) is 0 Å². The number of carbonyl (C=O) groups is 1. The van der Waals surface area contributed by atoms with Crippen molar-refractivity contribution < 1.29 is 18.7 Å². The minimum Gasteiger partial charge on any atom is -0.436 e. The number of benzene rings is 2.